The second-order valence-corrected chi connectivity index (χ2v) is 4.16. The number of likely N-dealkylation sites (tertiary alicyclic amines) is 1. The highest BCUT2D eigenvalue weighted by Crippen LogP contribution is 2.17. The van der Waals surface area contributed by atoms with Gasteiger partial charge in [-0.25, -0.2) is 0 Å². The van der Waals surface area contributed by atoms with Gasteiger partial charge in [0.2, 0.25) is 5.91 Å². The third-order valence-corrected chi connectivity index (χ3v) is 2.57. The lowest BCUT2D eigenvalue weighted by Gasteiger charge is -2.29. The summed E-state index contributed by atoms with van der Waals surface area (Å²) in [4.78, 5) is 24.0. The Kier molecular flexibility index (Phi) is 3.88. The van der Waals surface area contributed by atoms with Gasteiger partial charge in [-0.1, -0.05) is 5.57 Å². The fourth-order valence-electron chi connectivity index (χ4n) is 1.69. The van der Waals surface area contributed by atoms with Crippen LogP contribution in [0.1, 0.15) is 26.7 Å². The van der Waals surface area contributed by atoms with E-state index in [1.165, 1.54) is 0 Å². The molecule has 0 aromatic carbocycles. The van der Waals surface area contributed by atoms with Crippen molar-refractivity contribution >= 4 is 11.9 Å². The van der Waals surface area contributed by atoms with Crippen molar-refractivity contribution in [2.24, 2.45) is 5.92 Å². The Morgan fingerprint density at radius 2 is 1.80 bits per heavy atom. The summed E-state index contributed by atoms with van der Waals surface area (Å²) in [6.45, 7) is 4.86. The molecule has 84 valence electrons. The minimum atomic E-state index is -0.746. The van der Waals surface area contributed by atoms with Gasteiger partial charge in [0.05, 0.1) is 5.92 Å². The van der Waals surface area contributed by atoms with Crippen molar-refractivity contribution in [2.45, 2.75) is 26.7 Å². The van der Waals surface area contributed by atoms with Gasteiger partial charge in [-0.2, -0.15) is 0 Å². The zero-order valence-electron chi connectivity index (χ0n) is 9.19. The molecule has 0 aromatic heterocycles. The van der Waals surface area contributed by atoms with Gasteiger partial charge < -0.3 is 10.0 Å². The lowest BCUT2D eigenvalue weighted by molar-refractivity contribution is -0.144. The van der Waals surface area contributed by atoms with E-state index in [0.29, 0.717) is 25.9 Å². The van der Waals surface area contributed by atoms with E-state index in [1.807, 2.05) is 13.8 Å². The molecule has 4 heteroatoms. The average molecular weight is 211 g/mol. The number of rotatable bonds is 2. The van der Waals surface area contributed by atoms with Crippen LogP contribution >= 0.6 is 0 Å². The van der Waals surface area contributed by atoms with Crippen LogP contribution < -0.4 is 0 Å². The summed E-state index contributed by atoms with van der Waals surface area (Å²) in [5.74, 6) is -1.02. The summed E-state index contributed by atoms with van der Waals surface area (Å²) in [7, 11) is 0. The Labute approximate surface area is 89.6 Å². The number of nitrogens with zero attached hydrogens (tertiary/aromatic N) is 1. The van der Waals surface area contributed by atoms with E-state index in [2.05, 4.69) is 0 Å². The molecule has 1 heterocycles. The first-order valence-electron chi connectivity index (χ1n) is 5.17. The Morgan fingerprint density at radius 1 is 1.27 bits per heavy atom. The predicted molar refractivity (Wildman–Crippen MR) is 56.4 cm³/mol. The fourth-order valence-corrected chi connectivity index (χ4v) is 1.69. The number of aliphatic carboxylic acids is 1. The molecule has 1 rings (SSSR count). The summed E-state index contributed by atoms with van der Waals surface area (Å²) in [5.41, 5.74) is 0.973. The number of carbonyl (C=O) groups excluding carboxylic acids is 1. The topological polar surface area (TPSA) is 57.6 Å². The fraction of sp³-hybridized carbons (Fsp3) is 0.636. The monoisotopic (exact) mass is 211 g/mol. The van der Waals surface area contributed by atoms with Crippen LogP contribution in [0.15, 0.2) is 11.6 Å². The number of hydrogen-bond acceptors (Lipinski definition) is 2. The summed E-state index contributed by atoms with van der Waals surface area (Å²) >= 11 is 0. The number of hydrogen-bond donors (Lipinski definition) is 1. The standard InChI is InChI=1S/C11H17NO3/c1-8(2)7-10(13)12-5-3-9(4-6-12)11(14)15/h7,9H,3-6H2,1-2H3,(H,14,15). The maximum Gasteiger partial charge on any atom is 0.306 e. The lowest BCUT2D eigenvalue weighted by atomic mass is 9.97. The molecule has 0 bridgehead atoms. The predicted octanol–water partition coefficient (Wildman–Crippen LogP) is 1.28. The maximum atomic E-state index is 11.6. The second kappa shape index (κ2) is 4.96. The van der Waals surface area contributed by atoms with Gasteiger partial charge >= 0.3 is 5.97 Å². The largest absolute Gasteiger partial charge is 0.481 e. The first kappa shape index (κ1) is 11.8. The summed E-state index contributed by atoms with van der Waals surface area (Å²) < 4.78 is 0. The minimum absolute atomic E-state index is 0.00108. The Hall–Kier alpha value is -1.32. The zero-order valence-corrected chi connectivity index (χ0v) is 9.19. The maximum absolute atomic E-state index is 11.6. The van der Waals surface area contributed by atoms with Gasteiger partial charge in [0, 0.05) is 19.2 Å². The molecule has 0 aliphatic carbocycles. The molecule has 1 saturated heterocycles. The van der Waals surface area contributed by atoms with E-state index >= 15 is 0 Å². The third-order valence-electron chi connectivity index (χ3n) is 2.57. The SMILES string of the molecule is CC(C)=CC(=O)N1CCC(C(=O)O)CC1. The van der Waals surface area contributed by atoms with Crippen molar-refractivity contribution in [3.05, 3.63) is 11.6 Å². The van der Waals surface area contributed by atoms with Crippen molar-refractivity contribution in [3.8, 4) is 0 Å². The molecule has 0 spiro atoms. The average Bonchev–Trinajstić information content (AvgIpc) is 2.17. The molecule has 1 amide bonds. The van der Waals surface area contributed by atoms with Gasteiger partial charge in [-0.15, -0.1) is 0 Å². The normalized spacial score (nSPS) is 17.3. The molecule has 1 fully saturated rings. The van der Waals surface area contributed by atoms with E-state index in [9.17, 15) is 9.59 Å². The molecule has 0 aromatic rings. The highest BCUT2D eigenvalue weighted by Gasteiger charge is 2.25. The van der Waals surface area contributed by atoms with Crippen molar-refractivity contribution in [3.63, 3.8) is 0 Å². The number of amides is 1. The Bertz CT molecular complexity index is 284. The van der Waals surface area contributed by atoms with E-state index in [1.54, 1.807) is 11.0 Å². The van der Waals surface area contributed by atoms with Crippen molar-refractivity contribution in [1.82, 2.24) is 4.90 Å². The van der Waals surface area contributed by atoms with Crippen molar-refractivity contribution in [1.29, 1.82) is 0 Å². The first-order valence-corrected chi connectivity index (χ1v) is 5.17. The van der Waals surface area contributed by atoms with E-state index in [0.717, 1.165) is 5.57 Å². The molecular weight excluding hydrogens is 194 g/mol. The van der Waals surface area contributed by atoms with Crippen molar-refractivity contribution in [2.75, 3.05) is 13.1 Å². The van der Waals surface area contributed by atoms with Crippen LogP contribution in [0.25, 0.3) is 0 Å². The zero-order chi connectivity index (χ0) is 11.4. The van der Waals surface area contributed by atoms with Gasteiger partial charge in [-0.05, 0) is 26.7 Å². The Balaban J connectivity index is 2.47. The van der Waals surface area contributed by atoms with E-state index in [4.69, 9.17) is 5.11 Å². The number of carboxylic acids is 1. The highest BCUT2D eigenvalue weighted by atomic mass is 16.4. The number of allylic oxidation sites excluding steroid dienone is 1. The lowest BCUT2D eigenvalue weighted by Crippen LogP contribution is -2.39. The number of carbonyl (C=O) groups is 2. The molecule has 0 saturated carbocycles. The van der Waals surface area contributed by atoms with Crippen LogP contribution in [0.4, 0.5) is 0 Å². The number of carboxylic acid groups (broad SMARTS) is 1. The van der Waals surface area contributed by atoms with Crippen LogP contribution in [0.5, 0.6) is 0 Å². The van der Waals surface area contributed by atoms with Crippen LogP contribution in [0.2, 0.25) is 0 Å². The van der Waals surface area contributed by atoms with Gasteiger partial charge in [0.25, 0.3) is 0 Å². The van der Waals surface area contributed by atoms with Crippen LogP contribution in [0.3, 0.4) is 0 Å². The summed E-state index contributed by atoms with van der Waals surface area (Å²) in [6.07, 6.45) is 2.73. The number of piperidine rings is 1. The molecule has 1 N–H and O–H groups in total. The van der Waals surface area contributed by atoms with E-state index < -0.39 is 5.97 Å². The molecule has 15 heavy (non-hydrogen) atoms. The van der Waals surface area contributed by atoms with Gasteiger partial charge in [0.15, 0.2) is 0 Å². The van der Waals surface area contributed by atoms with Crippen molar-refractivity contribution < 1.29 is 14.7 Å². The smallest absolute Gasteiger partial charge is 0.306 e. The third kappa shape index (κ3) is 3.38. The minimum Gasteiger partial charge on any atom is -0.481 e. The molecule has 1 aliphatic rings. The molecule has 0 unspecified atom stereocenters. The van der Waals surface area contributed by atoms with Crippen LogP contribution in [-0.4, -0.2) is 35.0 Å². The van der Waals surface area contributed by atoms with Gasteiger partial charge in [-0.3, -0.25) is 9.59 Å². The molecule has 0 atom stereocenters. The molecule has 1 aliphatic heterocycles. The molecule has 0 radical (unpaired) electrons. The molecule has 4 nitrogen and oxygen atoms in total. The quantitative estimate of drug-likeness (QED) is 0.700. The highest BCUT2D eigenvalue weighted by molar-refractivity contribution is 5.88. The first-order chi connectivity index (χ1) is 7.00. The molecular formula is C11H17NO3. The van der Waals surface area contributed by atoms with Crippen LogP contribution in [-0.2, 0) is 9.59 Å². The van der Waals surface area contributed by atoms with Gasteiger partial charge in [0.1, 0.15) is 0 Å². The summed E-state index contributed by atoms with van der Waals surface area (Å²) in [5, 5.41) is 8.79. The second-order valence-electron chi connectivity index (χ2n) is 4.16. The summed E-state index contributed by atoms with van der Waals surface area (Å²) in [6, 6.07) is 0. The van der Waals surface area contributed by atoms with Crippen LogP contribution in [0, 0.1) is 5.92 Å². The Morgan fingerprint density at radius 3 is 2.20 bits per heavy atom. The van der Waals surface area contributed by atoms with E-state index in [-0.39, 0.29) is 11.8 Å².